The van der Waals surface area contributed by atoms with E-state index >= 15 is 0 Å². The number of aromatic nitrogens is 2. The zero-order chi connectivity index (χ0) is 13.1. The summed E-state index contributed by atoms with van der Waals surface area (Å²) in [6.07, 6.45) is 1.84. The van der Waals surface area contributed by atoms with Crippen LogP contribution in [0.4, 0.5) is 15.8 Å². The number of rotatable bonds is 2. The van der Waals surface area contributed by atoms with Crippen LogP contribution < -0.4 is 10.6 Å². The van der Waals surface area contributed by atoms with Crippen molar-refractivity contribution >= 4 is 28.7 Å². The van der Waals surface area contributed by atoms with Crippen LogP contribution >= 0.6 is 12.2 Å². The number of nitrogens with zero attached hydrogens (tertiary/aromatic N) is 2. The largest absolute Gasteiger partial charge is 0.332 e. The topological polar surface area (TPSA) is 41.9 Å². The number of hydrogen-bond acceptors (Lipinski definition) is 2. The second-order valence-corrected chi connectivity index (χ2v) is 4.30. The molecule has 0 spiro atoms. The Morgan fingerprint density at radius 3 is 2.50 bits per heavy atom. The lowest BCUT2D eigenvalue weighted by atomic mass is 10.3. The van der Waals surface area contributed by atoms with Gasteiger partial charge in [-0.25, -0.2) is 4.39 Å². The van der Waals surface area contributed by atoms with E-state index < -0.39 is 0 Å². The number of thiocarbonyl (C=S) groups is 1. The molecule has 0 unspecified atom stereocenters. The second kappa shape index (κ2) is 5.14. The average molecular weight is 264 g/mol. The maximum atomic E-state index is 12.7. The molecule has 0 saturated heterocycles. The van der Waals surface area contributed by atoms with Gasteiger partial charge in [0.2, 0.25) is 0 Å². The van der Waals surface area contributed by atoms with E-state index in [9.17, 15) is 4.39 Å². The van der Waals surface area contributed by atoms with Gasteiger partial charge >= 0.3 is 0 Å². The Balaban J connectivity index is 2.01. The van der Waals surface area contributed by atoms with Crippen molar-refractivity contribution in [1.29, 1.82) is 0 Å². The van der Waals surface area contributed by atoms with Crippen molar-refractivity contribution in [3.05, 3.63) is 42.0 Å². The van der Waals surface area contributed by atoms with Gasteiger partial charge in [0, 0.05) is 18.9 Å². The van der Waals surface area contributed by atoms with Crippen LogP contribution in [-0.2, 0) is 7.05 Å². The first kappa shape index (κ1) is 12.5. The molecule has 0 bridgehead atoms. The van der Waals surface area contributed by atoms with Gasteiger partial charge in [-0.05, 0) is 43.4 Å². The van der Waals surface area contributed by atoms with Gasteiger partial charge in [0.25, 0.3) is 0 Å². The Morgan fingerprint density at radius 2 is 1.94 bits per heavy atom. The molecule has 0 atom stereocenters. The molecule has 94 valence electrons. The molecule has 1 aromatic heterocycles. The number of aryl methyl sites for hydroxylation is 2. The Kier molecular flexibility index (Phi) is 3.57. The number of nitrogens with one attached hydrogen (secondary N) is 2. The Morgan fingerprint density at radius 1 is 1.28 bits per heavy atom. The zero-order valence-corrected chi connectivity index (χ0v) is 10.9. The van der Waals surface area contributed by atoms with Gasteiger partial charge < -0.3 is 10.6 Å². The minimum Gasteiger partial charge on any atom is -0.332 e. The van der Waals surface area contributed by atoms with E-state index in [2.05, 4.69) is 15.7 Å². The molecule has 0 amide bonds. The van der Waals surface area contributed by atoms with Gasteiger partial charge in [-0.3, -0.25) is 4.68 Å². The summed E-state index contributed by atoms with van der Waals surface area (Å²) in [5.41, 5.74) is 2.44. The first-order valence-electron chi connectivity index (χ1n) is 5.38. The molecule has 0 radical (unpaired) electrons. The number of benzene rings is 1. The van der Waals surface area contributed by atoms with Crippen LogP contribution in [0.3, 0.4) is 0 Å². The lowest BCUT2D eigenvalue weighted by Crippen LogP contribution is -2.19. The minimum atomic E-state index is -0.275. The second-order valence-electron chi connectivity index (χ2n) is 3.89. The van der Waals surface area contributed by atoms with Crippen molar-refractivity contribution in [2.75, 3.05) is 10.6 Å². The van der Waals surface area contributed by atoms with Crippen molar-refractivity contribution in [3.8, 4) is 0 Å². The first-order valence-corrected chi connectivity index (χ1v) is 5.79. The molecule has 1 aromatic carbocycles. The van der Waals surface area contributed by atoms with Gasteiger partial charge in [0.15, 0.2) is 5.11 Å². The molecule has 0 aliphatic rings. The van der Waals surface area contributed by atoms with Crippen LogP contribution in [-0.4, -0.2) is 14.9 Å². The first-order chi connectivity index (χ1) is 8.54. The molecule has 0 fully saturated rings. The summed E-state index contributed by atoms with van der Waals surface area (Å²) in [5, 5.41) is 10.7. The normalized spacial score (nSPS) is 10.2. The summed E-state index contributed by atoms with van der Waals surface area (Å²) in [4.78, 5) is 0. The third-order valence-corrected chi connectivity index (χ3v) is 2.57. The third-order valence-electron chi connectivity index (χ3n) is 2.36. The standard InChI is InChI=1S/C12H13FN4S/c1-8-11(7-17(2)16-8)15-12(18)14-10-5-3-9(13)4-6-10/h3-7H,1-2H3,(H2,14,15,18). The highest BCUT2D eigenvalue weighted by Crippen LogP contribution is 2.13. The van der Waals surface area contributed by atoms with Crippen molar-refractivity contribution in [1.82, 2.24) is 9.78 Å². The summed E-state index contributed by atoms with van der Waals surface area (Å²) in [6, 6.07) is 6.00. The molecule has 0 aliphatic carbocycles. The predicted molar refractivity (Wildman–Crippen MR) is 74.2 cm³/mol. The van der Waals surface area contributed by atoms with Gasteiger partial charge in [-0.2, -0.15) is 5.10 Å². The van der Waals surface area contributed by atoms with Crippen LogP contribution in [0.15, 0.2) is 30.5 Å². The van der Waals surface area contributed by atoms with E-state index in [0.29, 0.717) is 5.11 Å². The van der Waals surface area contributed by atoms with Crippen LogP contribution in [0.5, 0.6) is 0 Å². The zero-order valence-electron chi connectivity index (χ0n) is 10.1. The molecular formula is C12H13FN4S. The van der Waals surface area contributed by atoms with Gasteiger partial charge in [0.05, 0.1) is 11.4 Å². The lowest BCUT2D eigenvalue weighted by molar-refractivity contribution is 0.628. The molecule has 4 nitrogen and oxygen atoms in total. The highest BCUT2D eigenvalue weighted by molar-refractivity contribution is 7.80. The fraction of sp³-hybridized carbons (Fsp3) is 0.167. The molecule has 2 rings (SSSR count). The molecular weight excluding hydrogens is 251 g/mol. The van der Waals surface area contributed by atoms with Gasteiger partial charge in [0.1, 0.15) is 5.82 Å². The molecule has 1 heterocycles. The molecule has 0 saturated carbocycles. The van der Waals surface area contributed by atoms with Gasteiger partial charge in [-0.15, -0.1) is 0 Å². The van der Waals surface area contributed by atoms with Crippen molar-refractivity contribution in [3.63, 3.8) is 0 Å². The number of halogens is 1. The van der Waals surface area contributed by atoms with Crippen LogP contribution in [0, 0.1) is 12.7 Å². The maximum Gasteiger partial charge on any atom is 0.175 e. The fourth-order valence-electron chi connectivity index (χ4n) is 1.54. The Labute approximate surface area is 110 Å². The van der Waals surface area contributed by atoms with E-state index in [-0.39, 0.29) is 5.82 Å². The quantitative estimate of drug-likeness (QED) is 0.818. The van der Waals surface area contributed by atoms with E-state index in [1.165, 1.54) is 12.1 Å². The van der Waals surface area contributed by atoms with E-state index in [4.69, 9.17) is 12.2 Å². The Hall–Kier alpha value is -1.95. The summed E-state index contributed by atoms with van der Waals surface area (Å²) in [5.74, 6) is -0.275. The van der Waals surface area contributed by atoms with Crippen molar-refractivity contribution in [2.24, 2.45) is 7.05 Å². The molecule has 2 aromatic rings. The Bertz CT molecular complexity index is 562. The van der Waals surface area contributed by atoms with Crippen molar-refractivity contribution < 1.29 is 4.39 Å². The molecule has 18 heavy (non-hydrogen) atoms. The van der Waals surface area contributed by atoms with E-state index in [1.54, 1.807) is 16.8 Å². The monoisotopic (exact) mass is 264 g/mol. The van der Waals surface area contributed by atoms with Crippen LogP contribution in [0.2, 0.25) is 0 Å². The summed E-state index contributed by atoms with van der Waals surface area (Å²) >= 11 is 5.17. The molecule has 6 heteroatoms. The summed E-state index contributed by atoms with van der Waals surface area (Å²) in [7, 11) is 1.84. The van der Waals surface area contributed by atoms with Crippen LogP contribution in [0.1, 0.15) is 5.69 Å². The summed E-state index contributed by atoms with van der Waals surface area (Å²) in [6.45, 7) is 1.89. The summed E-state index contributed by atoms with van der Waals surface area (Å²) < 4.78 is 14.4. The minimum absolute atomic E-state index is 0.275. The average Bonchev–Trinajstić information content (AvgIpc) is 2.61. The fourth-order valence-corrected chi connectivity index (χ4v) is 1.77. The highest BCUT2D eigenvalue weighted by Gasteiger charge is 2.05. The smallest absolute Gasteiger partial charge is 0.175 e. The number of anilines is 2. The maximum absolute atomic E-state index is 12.7. The van der Waals surface area contributed by atoms with E-state index in [0.717, 1.165) is 17.1 Å². The van der Waals surface area contributed by atoms with Crippen LogP contribution in [0.25, 0.3) is 0 Å². The van der Waals surface area contributed by atoms with E-state index in [1.807, 2.05) is 20.2 Å². The molecule has 2 N–H and O–H groups in total. The molecule has 0 aliphatic heterocycles. The van der Waals surface area contributed by atoms with Crippen molar-refractivity contribution in [2.45, 2.75) is 6.92 Å². The number of hydrogen-bond donors (Lipinski definition) is 2. The van der Waals surface area contributed by atoms with Gasteiger partial charge in [-0.1, -0.05) is 0 Å². The predicted octanol–water partition coefficient (Wildman–Crippen LogP) is 2.68. The highest BCUT2D eigenvalue weighted by atomic mass is 32.1. The SMILES string of the molecule is Cc1nn(C)cc1NC(=S)Nc1ccc(F)cc1. The third kappa shape index (κ3) is 3.04. The lowest BCUT2D eigenvalue weighted by Gasteiger charge is -2.09.